The van der Waals surface area contributed by atoms with Crippen LogP contribution in [0.4, 0.5) is 5.69 Å². The summed E-state index contributed by atoms with van der Waals surface area (Å²) in [5.74, 6) is -0.301. The van der Waals surface area contributed by atoms with E-state index in [0.717, 1.165) is 0 Å². The van der Waals surface area contributed by atoms with Crippen LogP contribution >= 0.6 is 11.6 Å². The molecule has 0 bridgehead atoms. The number of ether oxygens (including phenoxy) is 1. The van der Waals surface area contributed by atoms with Crippen molar-refractivity contribution in [3.05, 3.63) is 52.7 Å². The summed E-state index contributed by atoms with van der Waals surface area (Å²) < 4.78 is 10.6. The fraction of sp³-hybridized carbons (Fsp3) is 0.0625. The number of phenolic OH excluding ortho intramolecular Hbond substituents is 1. The molecule has 22 heavy (non-hydrogen) atoms. The third-order valence-corrected chi connectivity index (χ3v) is 3.58. The molecule has 0 unspecified atom stereocenters. The highest BCUT2D eigenvalue weighted by atomic mass is 35.5. The van der Waals surface area contributed by atoms with Gasteiger partial charge in [0.25, 0.3) is 0 Å². The molecule has 112 valence electrons. The first-order valence-corrected chi connectivity index (χ1v) is 6.78. The van der Waals surface area contributed by atoms with Crippen molar-refractivity contribution in [1.29, 1.82) is 0 Å². The van der Waals surface area contributed by atoms with Crippen molar-refractivity contribution < 1.29 is 19.1 Å². The van der Waals surface area contributed by atoms with E-state index in [9.17, 15) is 9.90 Å². The Balaban J connectivity index is 2.15. The Hall–Kier alpha value is -2.66. The molecule has 0 aliphatic carbocycles. The van der Waals surface area contributed by atoms with Crippen LogP contribution in [0.3, 0.4) is 0 Å². The minimum atomic E-state index is -0.527. The van der Waals surface area contributed by atoms with Gasteiger partial charge in [0.05, 0.1) is 18.4 Å². The first-order chi connectivity index (χ1) is 10.5. The lowest BCUT2D eigenvalue weighted by Gasteiger charge is -2.05. The van der Waals surface area contributed by atoms with Crippen LogP contribution in [0.15, 0.2) is 40.8 Å². The van der Waals surface area contributed by atoms with E-state index in [2.05, 4.69) is 0 Å². The summed E-state index contributed by atoms with van der Waals surface area (Å²) in [7, 11) is 1.47. The molecule has 0 spiro atoms. The van der Waals surface area contributed by atoms with Gasteiger partial charge >= 0.3 is 0 Å². The van der Waals surface area contributed by atoms with E-state index >= 15 is 0 Å². The van der Waals surface area contributed by atoms with E-state index in [1.807, 2.05) is 0 Å². The number of aromatic hydroxyl groups is 1. The largest absolute Gasteiger partial charge is 0.507 e. The van der Waals surface area contributed by atoms with Gasteiger partial charge in [0.2, 0.25) is 5.78 Å². The molecule has 1 heterocycles. The summed E-state index contributed by atoms with van der Waals surface area (Å²) in [5, 5.41) is 10.9. The number of carbonyl (C=O) groups is 1. The Morgan fingerprint density at radius 3 is 2.77 bits per heavy atom. The van der Waals surface area contributed by atoms with Crippen molar-refractivity contribution in [3.8, 4) is 11.5 Å². The Morgan fingerprint density at radius 1 is 1.27 bits per heavy atom. The topological polar surface area (TPSA) is 85.7 Å². The van der Waals surface area contributed by atoms with Crippen LogP contribution in [-0.4, -0.2) is 18.0 Å². The minimum absolute atomic E-state index is 0.0409. The molecular weight excluding hydrogens is 306 g/mol. The average Bonchev–Trinajstić information content (AvgIpc) is 2.84. The van der Waals surface area contributed by atoms with E-state index in [-0.39, 0.29) is 22.8 Å². The molecule has 3 aromatic rings. The molecule has 0 fully saturated rings. The smallest absolute Gasteiger partial charge is 0.234 e. The Bertz CT molecular complexity index is 885. The molecular formula is C16H12ClNO4. The van der Waals surface area contributed by atoms with Gasteiger partial charge < -0.3 is 20.0 Å². The fourth-order valence-corrected chi connectivity index (χ4v) is 2.38. The number of fused-ring (bicyclic) bond motifs is 1. The summed E-state index contributed by atoms with van der Waals surface area (Å²) in [5.41, 5.74) is 6.67. The SMILES string of the molecule is COc1ccc(O)c(C(=O)c2oc3ccc(Cl)cc3c2N)c1. The van der Waals surface area contributed by atoms with E-state index in [0.29, 0.717) is 21.7 Å². The highest BCUT2D eigenvalue weighted by Gasteiger charge is 2.23. The molecule has 5 nitrogen and oxygen atoms in total. The number of anilines is 1. The lowest BCUT2D eigenvalue weighted by molar-refractivity contribution is 0.101. The van der Waals surface area contributed by atoms with E-state index in [4.69, 9.17) is 26.5 Å². The van der Waals surface area contributed by atoms with Gasteiger partial charge in [-0.25, -0.2) is 0 Å². The van der Waals surface area contributed by atoms with E-state index in [1.165, 1.54) is 19.2 Å². The van der Waals surface area contributed by atoms with Gasteiger partial charge in [-0.3, -0.25) is 4.79 Å². The predicted octanol–water partition coefficient (Wildman–Crippen LogP) is 3.61. The van der Waals surface area contributed by atoms with Crippen molar-refractivity contribution in [2.75, 3.05) is 12.8 Å². The van der Waals surface area contributed by atoms with Gasteiger partial charge in [-0.05, 0) is 36.4 Å². The second-order valence-corrected chi connectivity index (χ2v) is 5.13. The quantitative estimate of drug-likeness (QED) is 0.721. The van der Waals surface area contributed by atoms with Crippen molar-refractivity contribution >= 4 is 34.0 Å². The first-order valence-electron chi connectivity index (χ1n) is 6.40. The summed E-state index contributed by atoms with van der Waals surface area (Å²) in [6, 6.07) is 9.26. The van der Waals surface area contributed by atoms with E-state index < -0.39 is 5.78 Å². The van der Waals surface area contributed by atoms with Crippen molar-refractivity contribution in [1.82, 2.24) is 0 Å². The third kappa shape index (κ3) is 2.25. The van der Waals surface area contributed by atoms with Crippen molar-refractivity contribution in [3.63, 3.8) is 0 Å². The maximum atomic E-state index is 12.6. The number of phenols is 1. The van der Waals surface area contributed by atoms with Gasteiger partial charge in [-0.2, -0.15) is 0 Å². The molecule has 0 saturated heterocycles. The standard InChI is InChI=1S/C16H12ClNO4/c1-21-9-3-4-12(19)10(7-9)15(20)16-14(18)11-6-8(17)2-5-13(11)22-16/h2-7,19H,18H2,1H3. The second-order valence-electron chi connectivity index (χ2n) is 4.70. The Kier molecular flexibility index (Phi) is 3.42. The van der Waals surface area contributed by atoms with Gasteiger partial charge in [0, 0.05) is 10.4 Å². The molecule has 0 aliphatic heterocycles. The van der Waals surface area contributed by atoms with Crippen molar-refractivity contribution in [2.24, 2.45) is 0 Å². The Morgan fingerprint density at radius 2 is 2.05 bits per heavy atom. The van der Waals surface area contributed by atoms with Crippen LogP contribution in [0.1, 0.15) is 16.1 Å². The van der Waals surface area contributed by atoms with Gasteiger partial charge in [0.15, 0.2) is 5.76 Å². The molecule has 2 aromatic carbocycles. The summed E-state index contributed by atoms with van der Waals surface area (Å²) >= 11 is 5.92. The van der Waals surface area contributed by atoms with E-state index in [1.54, 1.807) is 24.3 Å². The number of methoxy groups -OCH3 is 1. The number of carbonyl (C=O) groups excluding carboxylic acids is 1. The number of halogens is 1. The molecule has 0 amide bonds. The highest BCUT2D eigenvalue weighted by molar-refractivity contribution is 6.31. The van der Waals surface area contributed by atoms with Gasteiger partial charge in [-0.15, -0.1) is 0 Å². The number of nitrogens with two attached hydrogens (primary N) is 1. The first kappa shape index (κ1) is 14.3. The fourth-order valence-electron chi connectivity index (χ4n) is 2.20. The number of rotatable bonds is 3. The molecule has 0 radical (unpaired) electrons. The lowest BCUT2D eigenvalue weighted by atomic mass is 10.1. The molecule has 1 aromatic heterocycles. The number of furan rings is 1. The number of nitrogen functional groups attached to an aromatic ring is 1. The van der Waals surface area contributed by atoms with Crippen LogP contribution in [0, 0.1) is 0 Å². The number of ketones is 1. The number of hydrogen-bond donors (Lipinski definition) is 2. The van der Waals surface area contributed by atoms with Crippen LogP contribution in [0.25, 0.3) is 11.0 Å². The maximum Gasteiger partial charge on any atom is 0.234 e. The molecule has 0 aliphatic rings. The number of benzene rings is 2. The lowest BCUT2D eigenvalue weighted by Crippen LogP contribution is -2.04. The molecule has 0 saturated carbocycles. The zero-order valence-corrected chi connectivity index (χ0v) is 12.3. The zero-order valence-electron chi connectivity index (χ0n) is 11.6. The summed E-state index contributed by atoms with van der Waals surface area (Å²) in [6.45, 7) is 0. The predicted molar refractivity (Wildman–Crippen MR) is 83.7 cm³/mol. The highest BCUT2D eigenvalue weighted by Crippen LogP contribution is 2.34. The van der Waals surface area contributed by atoms with Crippen LogP contribution in [-0.2, 0) is 0 Å². The maximum absolute atomic E-state index is 12.6. The normalized spacial score (nSPS) is 10.8. The van der Waals surface area contributed by atoms with Crippen molar-refractivity contribution in [2.45, 2.75) is 0 Å². The van der Waals surface area contributed by atoms with Gasteiger partial charge in [-0.1, -0.05) is 11.6 Å². The molecule has 6 heteroatoms. The zero-order chi connectivity index (χ0) is 15.9. The molecule has 3 N–H and O–H groups in total. The van der Waals surface area contributed by atoms with Gasteiger partial charge in [0.1, 0.15) is 17.1 Å². The minimum Gasteiger partial charge on any atom is -0.507 e. The summed E-state index contributed by atoms with van der Waals surface area (Å²) in [4.78, 5) is 12.6. The number of hydrogen-bond acceptors (Lipinski definition) is 5. The van der Waals surface area contributed by atoms with Crippen LogP contribution in [0.2, 0.25) is 5.02 Å². The summed E-state index contributed by atoms with van der Waals surface area (Å²) in [6.07, 6.45) is 0. The molecule has 3 rings (SSSR count). The third-order valence-electron chi connectivity index (χ3n) is 3.34. The molecule has 0 atom stereocenters. The van der Waals surface area contributed by atoms with Crippen LogP contribution in [0.5, 0.6) is 11.5 Å². The monoisotopic (exact) mass is 317 g/mol. The van der Waals surface area contributed by atoms with Crippen LogP contribution < -0.4 is 10.5 Å². The second kappa shape index (κ2) is 5.27. The average molecular weight is 318 g/mol. The Labute approximate surface area is 130 Å².